The van der Waals surface area contributed by atoms with Crippen LogP contribution in [0.1, 0.15) is 26.2 Å². The molecule has 0 N–H and O–H groups in total. The average Bonchev–Trinajstić information content (AvgIpc) is 2.21. The summed E-state index contributed by atoms with van der Waals surface area (Å²) in [5.74, 6) is 0.917. The third-order valence-corrected chi connectivity index (χ3v) is 2.47. The third kappa shape index (κ3) is 0.510. The molecule has 0 radical (unpaired) electrons. The maximum absolute atomic E-state index is 5.54. The highest BCUT2D eigenvalue weighted by Gasteiger charge is 2.42. The molecule has 1 nitrogen and oxygen atoms in total. The monoisotopic (exact) mass is 112 g/mol. The van der Waals surface area contributed by atoms with Crippen molar-refractivity contribution in [1.82, 2.24) is 0 Å². The van der Waals surface area contributed by atoms with Gasteiger partial charge in [-0.1, -0.05) is 0 Å². The van der Waals surface area contributed by atoms with Crippen LogP contribution in [0.15, 0.2) is 0 Å². The molecule has 1 heteroatoms. The lowest BCUT2D eigenvalue weighted by Gasteiger charge is -2.20. The summed E-state index contributed by atoms with van der Waals surface area (Å²) < 4.78 is 5.54. The van der Waals surface area contributed by atoms with Gasteiger partial charge in [0.15, 0.2) is 0 Å². The van der Waals surface area contributed by atoms with Gasteiger partial charge in [0.1, 0.15) is 0 Å². The quantitative estimate of drug-likeness (QED) is 0.462. The summed E-state index contributed by atoms with van der Waals surface area (Å²) in [5, 5.41) is 0. The molecule has 0 amide bonds. The minimum absolute atomic E-state index is 0.310. The maximum atomic E-state index is 5.54. The van der Waals surface area contributed by atoms with Crippen molar-refractivity contribution >= 4 is 0 Å². The van der Waals surface area contributed by atoms with Gasteiger partial charge in [0.2, 0.25) is 0 Å². The Hall–Kier alpha value is -0.0400. The number of hydrogen-bond acceptors (Lipinski definition) is 1. The molecule has 0 aromatic rings. The van der Waals surface area contributed by atoms with Crippen molar-refractivity contribution in [1.29, 1.82) is 0 Å². The van der Waals surface area contributed by atoms with Gasteiger partial charge in [-0.3, -0.25) is 0 Å². The molecule has 1 heterocycles. The minimum atomic E-state index is 0.310. The van der Waals surface area contributed by atoms with Gasteiger partial charge < -0.3 is 4.74 Å². The molecule has 2 aliphatic rings. The van der Waals surface area contributed by atoms with Crippen LogP contribution in [-0.4, -0.2) is 12.2 Å². The van der Waals surface area contributed by atoms with Crippen LogP contribution in [-0.2, 0) is 4.74 Å². The van der Waals surface area contributed by atoms with Gasteiger partial charge in [-0.25, -0.2) is 0 Å². The van der Waals surface area contributed by atoms with Crippen LogP contribution in [0.5, 0.6) is 0 Å². The van der Waals surface area contributed by atoms with E-state index >= 15 is 0 Å². The highest BCUT2D eigenvalue weighted by atomic mass is 16.5. The SMILES string of the molecule is C[C@@]12CC[C@@H](CO1)C2. The molecule has 2 bridgehead atoms. The van der Waals surface area contributed by atoms with Crippen LogP contribution in [0.4, 0.5) is 0 Å². The lowest BCUT2D eigenvalue weighted by atomic mass is 10.1. The number of rotatable bonds is 0. The Kier molecular flexibility index (Phi) is 0.762. The second-order valence-electron chi connectivity index (χ2n) is 3.37. The maximum Gasteiger partial charge on any atom is 0.0658 e. The summed E-state index contributed by atoms with van der Waals surface area (Å²) in [7, 11) is 0. The topological polar surface area (TPSA) is 9.23 Å². The number of hydrogen-bond donors (Lipinski definition) is 0. The van der Waals surface area contributed by atoms with Gasteiger partial charge in [-0.2, -0.15) is 0 Å². The van der Waals surface area contributed by atoms with Crippen LogP contribution in [0, 0.1) is 5.92 Å². The Balaban J connectivity index is 2.19. The fourth-order valence-electron chi connectivity index (χ4n) is 1.92. The highest BCUT2D eigenvalue weighted by molar-refractivity contribution is 4.92. The third-order valence-electron chi connectivity index (χ3n) is 2.47. The van der Waals surface area contributed by atoms with E-state index in [1.54, 1.807) is 0 Å². The average molecular weight is 112 g/mol. The second kappa shape index (κ2) is 1.27. The van der Waals surface area contributed by atoms with Crippen molar-refractivity contribution in [3.63, 3.8) is 0 Å². The molecular formula is C7H12O. The summed E-state index contributed by atoms with van der Waals surface area (Å²) in [6.45, 7) is 3.27. The van der Waals surface area contributed by atoms with E-state index in [9.17, 15) is 0 Å². The zero-order valence-corrected chi connectivity index (χ0v) is 5.31. The Morgan fingerprint density at radius 1 is 1.62 bits per heavy atom. The lowest BCUT2D eigenvalue weighted by molar-refractivity contribution is -0.00208. The van der Waals surface area contributed by atoms with E-state index < -0.39 is 0 Å². The molecule has 8 heavy (non-hydrogen) atoms. The number of fused-ring (bicyclic) bond motifs is 2. The summed E-state index contributed by atoms with van der Waals surface area (Å²) >= 11 is 0. The summed E-state index contributed by atoms with van der Waals surface area (Å²) in [5.41, 5.74) is 0.310. The van der Waals surface area contributed by atoms with Crippen LogP contribution in [0.25, 0.3) is 0 Å². The fourth-order valence-corrected chi connectivity index (χ4v) is 1.92. The number of ether oxygens (including phenoxy) is 1. The molecule has 0 aromatic heterocycles. The van der Waals surface area contributed by atoms with Gasteiger partial charge in [-0.15, -0.1) is 0 Å². The van der Waals surface area contributed by atoms with Crippen molar-refractivity contribution in [2.24, 2.45) is 5.92 Å². The molecule has 0 spiro atoms. The van der Waals surface area contributed by atoms with E-state index in [4.69, 9.17) is 4.74 Å². The molecule has 1 saturated heterocycles. The van der Waals surface area contributed by atoms with E-state index in [1.807, 2.05) is 0 Å². The molecular weight excluding hydrogens is 100 g/mol. The van der Waals surface area contributed by atoms with Gasteiger partial charge in [0.05, 0.1) is 12.2 Å². The predicted molar refractivity (Wildman–Crippen MR) is 31.7 cm³/mol. The summed E-state index contributed by atoms with van der Waals surface area (Å²) in [4.78, 5) is 0. The fraction of sp³-hybridized carbons (Fsp3) is 1.00. The molecule has 2 rings (SSSR count). The molecule has 2 fully saturated rings. The first-order valence-electron chi connectivity index (χ1n) is 3.42. The normalized spacial score (nSPS) is 52.9. The summed E-state index contributed by atoms with van der Waals surface area (Å²) in [6, 6.07) is 0. The van der Waals surface area contributed by atoms with Crippen LogP contribution < -0.4 is 0 Å². The van der Waals surface area contributed by atoms with Crippen LogP contribution in [0.3, 0.4) is 0 Å². The Morgan fingerprint density at radius 2 is 2.50 bits per heavy atom. The van der Waals surface area contributed by atoms with Crippen molar-refractivity contribution < 1.29 is 4.74 Å². The van der Waals surface area contributed by atoms with E-state index in [-0.39, 0.29) is 0 Å². The summed E-state index contributed by atoms with van der Waals surface area (Å²) in [6.07, 6.45) is 4.04. The van der Waals surface area contributed by atoms with Crippen LogP contribution >= 0.6 is 0 Å². The second-order valence-corrected chi connectivity index (χ2v) is 3.37. The molecule has 46 valence electrons. The first kappa shape index (κ1) is 4.80. The van der Waals surface area contributed by atoms with Gasteiger partial charge in [-0.05, 0) is 32.1 Å². The first-order valence-corrected chi connectivity index (χ1v) is 3.42. The Labute approximate surface area is 50.0 Å². The molecule has 0 unspecified atom stereocenters. The van der Waals surface area contributed by atoms with E-state index in [0.29, 0.717) is 5.60 Å². The van der Waals surface area contributed by atoms with Gasteiger partial charge in [0.25, 0.3) is 0 Å². The highest BCUT2D eigenvalue weighted by Crippen LogP contribution is 2.43. The van der Waals surface area contributed by atoms with Crippen molar-refractivity contribution in [2.75, 3.05) is 6.61 Å². The largest absolute Gasteiger partial charge is 0.375 e. The van der Waals surface area contributed by atoms with Crippen molar-refractivity contribution in [3.05, 3.63) is 0 Å². The van der Waals surface area contributed by atoms with Gasteiger partial charge >= 0.3 is 0 Å². The smallest absolute Gasteiger partial charge is 0.0658 e. The first-order chi connectivity index (χ1) is 3.79. The minimum Gasteiger partial charge on any atom is -0.375 e. The molecule has 0 aromatic carbocycles. The van der Waals surface area contributed by atoms with Crippen molar-refractivity contribution in [3.8, 4) is 0 Å². The van der Waals surface area contributed by atoms with Crippen molar-refractivity contribution in [2.45, 2.75) is 31.8 Å². The molecule has 1 saturated carbocycles. The molecule has 1 aliphatic carbocycles. The van der Waals surface area contributed by atoms with Crippen LogP contribution in [0.2, 0.25) is 0 Å². The Bertz CT molecular complexity index is 101. The zero-order chi connectivity index (χ0) is 5.61. The lowest BCUT2D eigenvalue weighted by Crippen LogP contribution is -2.20. The Morgan fingerprint density at radius 3 is 2.62 bits per heavy atom. The standard InChI is InChI=1S/C7H12O/c1-7-3-2-6(4-7)5-8-7/h6H,2-5H2,1H3/t6-,7+/m1/s1. The molecule has 1 aliphatic heterocycles. The van der Waals surface area contributed by atoms with E-state index in [0.717, 1.165) is 12.5 Å². The van der Waals surface area contributed by atoms with E-state index in [1.165, 1.54) is 19.3 Å². The van der Waals surface area contributed by atoms with E-state index in [2.05, 4.69) is 6.92 Å². The zero-order valence-electron chi connectivity index (χ0n) is 5.31. The predicted octanol–water partition coefficient (Wildman–Crippen LogP) is 1.58. The molecule has 2 atom stereocenters. The van der Waals surface area contributed by atoms with Gasteiger partial charge in [0, 0.05) is 0 Å².